The van der Waals surface area contributed by atoms with Crippen LogP contribution in [0, 0.1) is 6.92 Å². The van der Waals surface area contributed by atoms with Gasteiger partial charge in [-0.15, -0.1) is 0 Å². The quantitative estimate of drug-likeness (QED) is 0.261. The number of imidazole rings is 1. The molecule has 12 heteroatoms. The van der Waals surface area contributed by atoms with Crippen LogP contribution in [0.5, 0.6) is 0 Å². The van der Waals surface area contributed by atoms with Crippen molar-refractivity contribution in [3.8, 4) is 0 Å². The van der Waals surface area contributed by atoms with E-state index in [0.717, 1.165) is 36.8 Å². The Morgan fingerprint density at radius 1 is 1.22 bits per heavy atom. The lowest BCUT2D eigenvalue weighted by atomic mass is 10.1. The van der Waals surface area contributed by atoms with Gasteiger partial charge in [0.05, 0.1) is 25.6 Å². The van der Waals surface area contributed by atoms with Crippen molar-refractivity contribution in [3.63, 3.8) is 0 Å². The van der Waals surface area contributed by atoms with Crippen molar-refractivity contribution in [2.24, 2.45) is 0 Å². The number of esters is 1. The number of aromatic nitrogens is 4. The van der Waals surface area contributed by atoms with Crippen molar-refractivity contribution in [1.82, 2.24) is 24.6 Å². The lowest BCUT2D eigenvalue weighted by Crippen LogP contribution is -2.36. The number of rotatable bonds is 12. The topological polar surface area (TPSA) is 143 Å². The highest BCUT2D eigenvalue weighted by molar-refractivity contribution is 7.56. The van der Waals surface area contributed by atoms with Gasteiger partial charge in [-0.25, -0.2) is 20.0 Å². The van der Waals surface area contributed by atoms with E-state index in [-0.39, 0.29) is 25.2 Å². The molecule has 0 spiro atoms. The van der Waals surface area contributed by atoms with Crippen LogP contribution >= 0.6 is 7.52 Å². The van der Waals surface area contributed by atoms with Crippen LogP contribution in [0.25, 0.3) is 11.2 Å². The SMILES string of the molecule is Cc1ccccc1COP(=O)(CO[C@H](C)Cn1cnc2c(N)ncnc21)N[C@@H](C)C(=O)OC1CCCC1. The largest absolute Gasteiger partial charge is 0.461 e. The van der Waals surface area contributed by atoms with E-state index in [2.05, 4.69) is 20.0 Å². The van der Waals surface area contributed by atoms with Crippen LogP contribution in [-0.2, 0) is 36.5 Å². The second kappa shape index (κ2) is 12.1. The maximum atomic E-state index is 13.9. The molecule has 0 aliphatic heterocycles. The molecule has 2 heterocycles. The highest BCUT2D eigenvalue weighted by atomic mass is 31.2. The number of hydrogen-bond donors (Lipinski definition) is 2. The molecular weight excluding hydrogens is 495 g/mol. The van der Waals surface area contributed by atoms with Gasteiger partial charge in [0.2, 0.25) is 0 Å². The van der Waals surface area contributed by atoms with E-state index in [4.69, 9.17) is 19.7 Å². The number of carbonyl (C=O) groups is 1. The molecule has 2 aromatic heterocycles. The number of fused-ring (bicyclic) bond motifs is 1. The van der Waals surface area contributed by atoms with Crippen LogP contribution < -0.4 is 10.8 Å². The Bertz CT molecular complexity index is 1260. The third kappa shape index (κ3) is 7.13. The van der Waals surface area contributed by atoms with Gasteiger partial charge >= 0.3 is 5.97 Å². The molecule has 0 bridgehead atoms. The zero-order valence-electron chi connectivity index (χ0n) is 21.5. The molecule has 1 saturated carbocycles. The number of hydrogen-bond acceptors (Lipinski definition) is 9. The van der Waals surface area contributed by atoms with E-state index in [9.17, 15) is 9.36 Å². The molecule has 11 nitrogen and oxygen atoms in total. The van der Waals surface area contributed by atoms with E-state index in [1.54, 1.807) is 17.8 Å². The number of anilines is 1. The Balaban J connectivity index is 1.41. The summed E-state index contributed by atoms with van der Waals surface area (Å²) in [5, 5.41) is 2.89. The molecule has 1 aliphatic rings. The minimum absolute atomic E-state index is 0.0804. The lowest BCUT2D eigenvalue weighted by Gasteiger charge is -2.25. The summed E-state index contributed by atoms with van der Waals surface area (Å²) in [6.45, 7) is 5.94. The van der Waals surface area contributed by atoms with Crippen molar-refractivity contribution >= 4 is 30.5 Å². The number of nitrogens with zero attached hydrogens (tertiary/aromatic N) is 4. The first-order valence-corrected chi connectivity index (χ1v) is 14.3. The zero-order chi connectivity index (χ0) is 26.4. The molecule has 37 heavy (non-hydrogen) atoms. The average Bonchev–Trinajstić information content (AvgIpc) is 3.53. The summed E-state index contributed by atoms with van der Waals surface area (Å²) in [7, 11) is -3.60. The van der Waals surface area contributed by atoms with Gasteiger partial charge in [0.1, 0.15) is 30.3 Å². The molecule has 1 aliphatic carbocycles. The van der Waals surface area contributed by atoms with Crippen LogP contribution in [0.1, 0.15) is 50.7 Å². The van der Waals surface area contributed by atoms with Crippen molar-refractivity contribution < 1.29 is 23.4 Å². The smallest absolute Gasteiger partial charge is 0.323 e. The highest BCUT2D eigenvalue weighted by Crippen LogP contribution is 2.44. The molecule has 0 amide bonds. The predicted molar refractivity (Wildman–Crippen MR) is 140 cm³/mol. The maximum absolute atomic E-state index is 13.9. The van der Waals surface area contributed by atoms with Crippen LogP contribution in [0.2, 0.25) is 0 Å². The molecule has 0 saturated heterocycles. The lowest BCUT2D eigenvalue weighted by molar-refractivity contribution is -0.150. The Kier molecular flexibility index (Phi) is 8.91. The molecule has 1 unspecified atom stereocenters. The van der Waals surface area contributed by atoms with Gasteiger partial charge in [-0.05, 0) is 57.6 Å². The Morgan fingerprint density at radius 3 is 2.73 bits per heavy atom. The van der Waals surface area contributed by atoms with Gasteiger partial charge in [0.25, 0.3) is 7.52 Å². The summed E-state index contributed by atoms with van der Waals surface area (Å²) < 4.78 is 33.2. The Hall–Kier alpha value is -2.85. The van der Waals surface area contributed by atoms with E-state index < -0.39 is 19.5 Å². The highest BCUT2D eigenvalue weighted by Gasteiger charge is 2.32. The van der Waals surface area contributed by atoms with Gasteiger partial charge in [-0.1, -0.05) is 24.3 Å². The number of carbonyl (C=O) groups excluding carboxylic acids is 1. The molecule has 4 rings (SSSR count). The van der Waals surface area contributed by atoms with E-state index in [1.807, 2.05) is 38.1 Å². The fourth-order valence-corrected chi connectivity index (χ4v) is 5.98. The molecule has 0 radical (unpaired) electrons. The number of nitrogens with two attached hydrogens (primary N) is 1. The predicted octanol–water partition coefficient (Wildman–Crippen LogP) is 3.95. The first-order chi connectivity index (χ1) is 17.7. The summed E-state index contributed by atoms with van der Waals surface area (Å²) in [5.74, 6) is -0.143. The molecule has 1 aromatic carbocycles. The second-order valence-electron chi connectivity index (χ2n) is 9.50. The molecule has 3 atom stereocenters. The van der Waals surface area contributed by atoms with Crippen molar-refractivity contribution in [1.29, 1.82) is 0 Å². The van der Waals surface area contributed by atoms with E-state index in [0.29, 0.717) is 23.5 Å². The second-order valence-corrected chi connectivity index (χ2v) is 11.6. The summed E-state index contributed by atoms with van der Waals surface area (Å²) >= 11 is 0. The summed E-state index contributed by atoms with van der Waals surface area (Å²) in [5.41, 5.74) is 8.89. The van der Waals surface area contributed by atoms with Crippen LogP contribution in [0.3, 0.4) is 0 Å². The number of ether oxygens (including phenoxy) is 2. The third-order valence-electron chi connectivity index (χ3n) is 6.43. The Morgan fingerprint density at radius 2 is 1.97 bits per heavy atom. The van der Waals surface area contributed by atoms with Gasteiger partial charge in [-0.3, -0.25) is 9.36 Å². The normalized spacial score (nSPS) is 17.5. The summed E-state index contributed by atoms with van der Waals surface area (Å²) in [6, 6.07) is 6.89. The molecule has 3 N–H and O–H groups in total. The third-order valence-corrected chi connectivity index (χ3v) is 8.25. The van der Waals surface area contributed by atoms with Crippen LogP contribution in [-0.4, -0.2) is 50.1 Å². The number of benzene rings is 1. The molecule has 3 aromatic rings. The fraction of sp³-hybridized carbons (Fsp3) is 0.520. The monoisotopic (exact) mass is 530 g/mol. The number of nitrogen functional groups attached to an aromatic ring is 1. The van der Waals surface area contributed by atoms with Gasteiger partial charge < -0.3 is 24.3 Å². The van der Waals surface area contributed by atoms with Crippen molar-refractivity contribution in [2.75, 3.05) is 12.1 Å². The first-order valence-electron chi connectivity index (χ1n) is 12.5. The molecular formula is C25H35N6O5P. The average molecular weight is 531 g/mol. The maximum Gasteiger partial charge on any atom is 0.323 e. The van der Waals surface area contributed by atoms with Crippen LogP contribution in [0.4, 0.5) is 5.82 Å². The minimum Gasteiger partial charge on any atom is -0.461 e. The van der Waals surface area contributed by atoms with Gasteiger partial charge in [0, 0.05) is 0 Å². The minimum atomic E-state index is -3.60. The zero-order valence-corrected chi connectivity index (χ0v) is 22.4. The standard InChI is InChI=1S/C25H35N6O5P/c1-17-8-4-5-9-20(17)13-35-37(33,30-19(3)25(32)36-21-10-6-7-11-21)16-34-18(2)12-31-15-29-22-23(26)27-14-28-24(22)31/h4-5,8-9,14-15,18-19,21H,6-7,10-13,16H2,1-3H3,(H,30,33)(H2,26,27,28)/t18-,19+,37?/m1/s1. The van der Waals surface area contributed by atoms with E-state index >= 15 is 0 Å². The molecule has 200 valence electrons. The van der Waals surface area contributed by atoms with Gasteiger partial charge in [0.15, 0.2) is 11.5 Å². The van der Waals surface area contributed by atoms with Gasteiger partial charge in [-0.2, -0.15) is 0 Å². The van der Waals surface area contributed by atoms with Crippen molar-refractivity contribution in [2.45, 2.75) is 77.9 Å². The van der Waals surface area contributed by atoms with Crippen LogP contribution in [0.15, 0.2) is 36.9 Å². The summed E-state index contributed by atoms with van der Waals surface area (Å²) in [4.78, 5) is 25.1. The number of aryl methyl sites for hydroxylation is 1. The van der Waals surface area contributed by atoms with E-state index in [1.165, 1.54) is 6.33 Å². The fourth-order valence-electron chi connectivity index (χ4n) is 4.27. The number of nitrogens with one attached hydrogen (secondary N) is 1. The molecule has 1 fully saturated rings. The first kappa shape index (κ1) is 27.2. The summed E-state index contributed by atoms with van der Waals surface area (Å²) in [6.07, 6.45) is 6.14. The van der Waals surface area contributed by atoms with Crippen molar-refractivity contribution in [3.05, 3.63) is 48.0 Å². The Labute approximate surface area is 216 Å².